The van der Waals surface area contributed by atoms with E-state index in [-0.39, 0.29) is 51.1 Å². The summed E-state index contributed by atoms with van der Waals surface area (Å²) in [5.74, 6) is -4.75. The average Bonchev–Trinajstić information content (AvgIpc) is 4.11. The molecule has 8 amide bonds. The second-order valence-electron chi connectivity index (χ2n) is 18.4. The van der Waals surface area contributed by atoms with Gasteiger partial charge >= 0.3 is 0 Å². The largest absolute Gasteiger partial charge is 0.368 e. The maximum Gasteiger partial charge on any atom is 0.243 e. The van der Waals surface area contributed by atoms with E-state index in [2.05, 4.69) is 52.2 Å². The molecule has 0 saturated carbocycles. The Labute approximate surface area is 423 Å². The Morgan fingerprint density at radius 2 is 0.945 bits per heavy atom. The van der Waals surface area contributed by atoms with Crippen LogP contribution in [0.3, 0.4) is 0 Å². The third kappa shape index (κ3) is 15.3. The lowest BCUT2D eigenvalue weighted by Crippen LogP contribution is -2.55. The van der Waals surface area contributed by atoms with E-state index in [1.807, 2.05) is 79.7 Å². The van der Waals surface area contributed by atoms with E-state index < -0.39 is 77.5 Å². The fraction of sp³-hybridized carbons (Fsp3) is 0.396. The summed E-state index contributed by atoms with van der Waals surface area (Å²) in [7, 11) is 0. The van der Waals surface area contributed by atoms with Gasteiger partial charge in [-0.2, -0.15) is 0 Å². The highest BCUT2D eigenvalue weighted by Crippen LogP contribution is 2.22. The number of aromatic amines is 3. The van der Waals surface area contributed by atoms with Crippen molar-refractivity contribution in [3.8, 4) is 0 Å². The number of carbonyl (C=O) groups excluding carboxylic acids is 8. The lowest BCUT2D eigenvalue weighted by Gasteiger charge is -2.25. The van der Waals surface area contributed by atoms with Crippen LogP contribution in [-0.4, -0.2) is 112 Å². The van der Waals surface area contributed by atoms with Crippen molar-refractivity contribution >= 4 is 80.0 Å². The summed E-state index contributed by atoms with van der Waals surface area (Å²) in [6, 6.07) is 17.4. The number of benzene rings is 3. The molecule has 0 unspecified atom stereocenters. The molecule has 0 aliphatic carbocycles. The van der Waals surface area contributed by atoms with Crippen molar-refractivity contribution in [3.05, 3.63) is 108 Å². The number of aromatic nitrogens is 3. The Hall–Kier alpha value is -8.00. The quantitative estimate of drug-likeness (QED) is 0.0321. The molecule has 3 aromatic carbocycles. The molecule has 0 radical (unpaired) electrons. The summed E-state index contributed by atoms with van der Waals surface area (Å²) in [5, 5.41) is 21.9. The van der Waals surface area contributed by atoms with Crippen LogP contribution >= 0.6 is 0 Å². The monoisotopic (exact) mass is 1000 g/mol. The molecule has 73 heavy (non-hydrogen) atoms. The summed E-state index contributed by atoms with van der Waals surface area (Å²) in [5.41, 5.74) is 16.1. The van der Waals surface area contributed by atoms with Crippen LogP contribution in [0, 0.1) is 5.92 Å². The Morgan fingerprint density at radius 1 is 0.534 bits per heavy atom. The van der Waals surface area contributed by atoms with E-state index in [9.17, 15) is 38.4 Å². The number of primary amides is 1. The minimum atomic E-state index is -1.11. The van der Waals surface area contributed by atoms with Gasteiger partial charge in [-0.3, -0.25) is 38.4 Å². The standard InChI is InChI=1S/C53H68N12O8/c1-4-31(2)48(49(55)69)65-53(73)45(27-35-30-60-41-18-10-7-15-38(35)41)63-47(68)21-23-56-50(70)43(25-33-28-58-39-16-8-5-13-36(33)39)62-46(67)20-24-57-51(71)44(26-34-29-59-40-17-9-6-14-37(34)40)64-52(72)42(61-32(3)66)19-11-12-22-54/h5-10,13-18,28-31,42-45,48,58-60H,4,11-12,19-27,54H2,1-3H3,(H2,55,69)(H,56,70)(H,57,71)(H,61,66)(H,62,67)(H,63,68)(H,64,72)(H,65,73)/t31-,42-,43-,44-,45-,48-/m0/s1. The normalized spacial score (nSPS) is 13.8. The van der Waals surface area contributed by atoms with E-state index in [1.54, 1.807) is 25.5 Å². The molecule has 3 heterocycles. The van der Waals surface area contributed by atoms with Gasteiger partial charge in [0.05, 0.1) is 0 Å². The van der Waals surface area contributed by atoms with Crippen LogP contribution in [0.5, 0.6) is 0 Å². The highest BCUT2D eigenvalue weighted by molar-refractivity contribution is 5.95. The van der Waals surface area contributed by atoms with Crippen molar-refractivity contribution in [1.29, 1.82) is 0 Å². The summed E-state index contributed by atoms with van der Waals surface area (Å²) in [6.07, 6.45) is 7.17. The van der Waals surface area contributed by atoms with Crippen molar-refractivity contribution in [1.82, 2.24) is 52.2 Å². The van der Waals surface area contributed by atoms with Crippen molar-refractivity contribution in [3.63, 3.8) is 0 Å². The molecule has 0 spiro atoms. The van der Waals surface area contributed by atoms with E-state index in [0.29, 0.717) is 32.2 Å². The van der Waals surface area contributed by atoms with Gasteiger partial charge in [-0.15, -0.1) is 0 Å². The maximum absolute atomic E-state index is 14.0. The fourth-order valence-electron chi connectivity index (χ4n) is 8.83. The Balaban J connectivity index is 1.11. The van der Waals surface area contributed by atoms with Gasteiger partial charge in [0.2, 0.25) is 47.3 Å². The number of H-pyrrole nitrogens is 3. The minimum absolute atomic E-state index is 0.0731. The fourth-order valence-corrected chi connectivity index (χ4v) is 8.83. The molecule has 3 aromatic heterocycles. The molecule has 388 valence electrons. The number of carbonyl (C=O) groups is 8. The van der Waals surface area contributed by atoms with Gasteiger partial charge in [-0.05, 0) is 66.6 Å². The highest BCUT2D eigenvalue weighted by atomic mass is 16.2. The number of amides is 8. The molecular formula is C53H68N12O8. The SMILES string of the molecule is CC[C@H](C)[C@H](NC(=O)[C@H](Cc1c[nH]c2ccccc12)NC(=O)CCNC(=O)[C@H](Cc1c[nH]c2ccccc12)NC(=O)CCNC(=O)[C@H](Cc1c[nH]c2ccccc12)NC(=O)[C@H](CCCCN)NC(C)=O)C(N)=O. The lowest BCUT2D eigenvalue weighted by molar-refractivity contribution is -0.132. The van der Waals surface area contributed by atoms with Crippen LogP contribution in [0.1, 0.15) is 76.0 Å². The zero-order valence-electron chi connectivity index (χ0n) is 41.5. The summed E-state index contributed by atoms with van der Waals surface area (Å²) < 4.78 is 0. The van der Waals surface area contributed by atoms with Crippen LogP contribution < -0.4 is 48.7 Å². The number of para-hydroxylation sites is 3. The molecule has 20 nitrogen and oxygen atoms in total. The van der Waals surface area contributed by atoms with Gasteiger partial charge in [0.1, 0.15) is 30.2 Å². The minimum Gasteiger partial charge on any atom is -0.368 e. The number of rotatable bonds is 28. The highest BCUT2D eigenvalue weighted by Gasteiger charge is 2.31. The molecule has 0 saturated heterocycles. The van der Waals surface area contributed by atoms with Crippen LogP contribution in [0.25, 0.3) is 32.7 Å². The number of unbranched alkanes of at least 4 members (excludes halogenated alkanes) is 1. The zero-order valence-corrected chi connectivity index (χ0v) is 41.5. The molecular weight excluding hydrogens is 933 g/mol. The molecule has 14 N–H and O–H groups in total. The van der Waals surface area contributed by atoms with E-state index >= 15 is 0 Å². The molecule has 6 aromatic rings. The van der Waals surface area contributed by atoms with E-state index in [0.717, 1.165) is 49.4 Å². The molecule has 6 rings (SSSR count). The molecule has 0 aliphatic rings. The topological polar surface area (TPSA) is 320 Å². The smallest absolute Gasteiger partial charge is 0.243 e. The Kier molecular flexibility index (Phi) is 19.7. The lowest BCUT2D eigenvalue weighted by atomic mass is 9.97. The zero-order chi connectivity index (χ0) is 52.4. The number of nitrogens with two attached hydrogens (primary N) is 2. The molecule has 6 atom stereocenters. The van der Waals surface area contributed by atoms with Crippen LogP contribution in [0.2, 0.25) is 0 Å². The third-order valence-corrected chi connectivity index (χ3v) is 13.0. The maximum atomic E-state index is 14.0. The van der Waals surface area contributed by atoms with Gasteiger partial charge in [-0.25, -0.2) is 0 Å². The van der Waals surface area contributed by atoms with Crippen LogP contribution in [-0.2, 0) is 57.6 Å². The van der Waals surface area contributed by atoms with Crippen molar-refractivity contribution in [2.24, 2.45) is 17.4 Å². The summed E-state index contributed by atoms with van der Waals surface area (Å²) >= 11 is 0. The number of hydrogen-bond acceptors (Lipinski definition) is 9. The van der Waals surface area contributed by atoms with Gasteiger partial charge in [0, 0.05) is 103 Å². The number of fused-ring (bicyclic) bond motifs is 3. The number of hydrogen-bond donors (Lipinski definition) is 12. The van der Waals surface area contributed by atoms with E-state index in [1.165, 1.54) is 6.92 Å². The molecule has 0 aliphatic heterocycles. The Bertz CT molecular complexity index is 2890. The van der Waals surface area contributed by atoms with Gasteiger partial charge < -0.3 is 63.6 Å². The first kappa shape index (κ1) is 54.3. The van der Waals surface area contributed by atoms with Crippen LogP contribution in [0.15, 0.2) is 91.4 Å². The molecule has 0 bridgehead atoms. The van der Waals surface area contributed by atoms with Gasteiger partial charge in [-0.1, -0.05) is 74.9 Å². The first-order chi connectivity index (χ1) is 35.1. The Morgan fingerprint density at radius 3 is 1.36 bits per heavy atom. The predicted octanol–water partition coefficient (Wildman–Crippen LogP) is 2.28. The summed E-state index contributed by atoms with van der Waals surface area (Å²) in [6.45, 7) is 5.09. The van der Waals surface area contributed by atoms with Crippen LogP contribution in [0.4, 0.5) is 0 Å². The van der Waals surface area contributed by atoms with Crippen molar-refractivity contribution < 1.29 is 38.4 Å². The first-order valence-electron chi connectivity index (χ1n) is 24.8. The second-order valence-corrected chi connectivity index (χ2v) is 18.4. The van der Waals surface area contributed by atoms with Gasteiger partial charge in [0.15, 0.2) is 0 Å². The second kappa shape index (κ2) is 26.4. The first-order valence-corrected chi connectivity index (χ1v) is 24.8. The molecule has 0 fully saturated rings. The average molecular weight is 1000 g/mol. The summed E-state index contributed by atoms with van der Waals surface area (Å²) in [4.78, 5) is 116. The van der Waals surface area contributed by atoms with Crippen molar-refractivity contribution in [2.75, 3.05) is 19.6 Å². The third-order valence-electron chi connectivity index (χ3n) is 13.0. The predicted molar refractivity (Wildman–Crippen MR) is 278 cm³/mol. The van der Waals surface area contributed by atoms with Gasteiger partial charge in [0.25, 0.3) is 0 Å². The molecule has 20 heteroatoms. The number of nitrogens with one attached hydrogen (secondary N) is 10. The van der Waals surface area contributed by atoms with Crippen molar-refractivity contribution in [2.45, 2.75) is 109 Å². The van der Waals surface area contributed by atoms with E-state index in [4.69, 9.17) is 11.5 Å².